The molecule has 1 heterocycles. The molecule has 2 aromatic rings. The molecule has 0 aromatic heterocycles. The Hall–Kier alpha value is -2.60. The van der Waals surface area contributed by atoms with Gasteiger partial charge in [0.05, 0.1) is 6.61 Å². The second-order valence-electron chi connectivity index (χ2n) is 9.28. The number of piperidine rings is 1. The van der Waals surface area contributed by atoms with E-state index in [-0.39, 0.29) is 17.9 Å². The lowest BCUT2D eigenvalue weighted by molar-refractivity contribution is 0.105. The number of nitrogens with zero attached hydrogens (tertiary/aromatic N) is 3. The molecule has 3 rings (SSSR count). The molecule has 1 aliphatic rings. The third-order valence-corrected chi connectivity index (χ3v) is 5.89. The number of rotatable bonds is 8. The number of carbonyl (C=O) groups is 1. The Morgan fingerprint density at radius 1 is 1.03 bits per heavy atom. The number of carbonyl (C=O) groups excluding carboxylic acids is 1. The first-order valence-electron chi connectivity index (χ1n) is 11.5. The fraction of sp³-hybridized carbons (Fsp3) is 0.500. The van der Waals surface area contributed by atoms with Crippen LogP contribution < -0.4 is 4.74 Å². The van der Waals surface area contributed by atoms with Crippen LogP contribution in [0.2, 0.25) is 0 Å². The van der Waals surface area contributed by atoms with Crippen LogP contribution in [0.5, 0.6) is 5.75 Å². The molecule has 2 amide bonds. The normalized spacial score (nSPS) is 15.1. The number of urea groups is 1. The molecule has 1 saturated heterocycles. The van der Waals surface area contributed by atoms with Gasteiger partial charge in [-0.05, 0) is 74.3 Å². The minimum atomic E-state index is -0.260. The standard InChI is InChI=1S/C26H36FN3O2/c1-20(2)19-32-25-11-7-21(8-12-25)17-29(4)26(31)30(24-13-15-28(3)16-14-24)18-22-5-9-23(27)10-6-22/h5-12,20,24H,13-19H2,1-4H3. The van der Waals surface area contributed by atoms with Gasteiger partial charge in [0.1, 0.15) is 11.6 Å². The van der Waals surface area contributed by atoms with Crippen molar-refractivity contribution in [2.75, 3.05) is 33.8 Å². The van der Waals surface area contributed by atoms with Crippen molar-refractivity contribution in [2.24, 2.45) is 5.92 Å². The summed E-state index contributed by atoms with van der Waals surface area (Å²) >= 11 is 0. The van der Waals surface area contributed by atoms with Crippen molar-refractivity contribution < 1.29 is 13.9 Å². The maximum atomic E-state index is 13.5. The van der Waals surface area contributed by atoms with Crippen LogP contribution in [0.1, 0.15) is 37.8 Å². The molecule has 32 heavy (non-hydrogen) atoms. The topological polar surface area (TPSA) is 36.0 Å². The quantitative estimate of drug-likeness (QED) is 0.578. The van der Waals surface area contributed by atoms with Crippen LogP contribution in [0.25, 0.3) is 0 Å². The highest BCUT2D eigenvalue weighted by Gasteiger charge is 2.29. The predicted octanol–water partition coefficient (Wildman–Crippen LogP) is 5.01. The van der Waals surface area contributed by atoms with E-state index in [1.54, 1.807) is 17.0 Å². The summed E-state index contributed by atoms with van der Waals surface area (Å²) in [6.45, 7) is 7.88. The number of benzene rings is 2. The van der Waals surface area contributed by atoms with Crippen molar-refractivity contribution in [1.82, 2.24) is 14.7 Å². The van der Waals surface area contributed by atoms with Gasteiger partial charge < -0.3 is 19.4 Å². The largest absolute Gasteiger partial charge is 0.493 e. The monoisotopic (exact) mass is 441 g/mol. The summed E-state index contributed by atoms with van der Waals surface area (Å²) in [7, 11) is 3.96. The lowest BCUT2D eigenvalue weighted by Gasteiger charge is -2.39. The zero-order valence-corrected chi connectivity index (χ0v) is 19.8. The van der Waals surface area contributed by atoms with E-state index < -0.39 is 0 Å². The van der Waals surface area contributed by atoms with Crippen LogP contribution >= 0.6 is 0 Å². The molecule has 1 aliphatic heterocycles. The summed E-state index contributed by atoms with van der Waals surface area (Å²) in [6, 6.07) is 14.6. The molecule has 0 unspecified atom stereocenters. The molecule has 174 valence electrons. The van der Waals surface area contributed by atoms with Crippen molar-refractivity contribution in [3.05, 3.63) is 65.5 Å². The Morgan fingerprint density at radius 2 is 1.59 bits per heavy atom. The van der Waals surface area contributed by atoms with Gasteiger partial charge in [-0.2, -0.15) is 0 Å². The zero-order chi connectivity index (χ0) is 23.1. The summed E-state index contributed by atoms with van der Waals surface area (Å²) < 4.78 is 19.1. The first-order chi connectivity index (χ1) is 15.3. The van der Waals surface area contributed by atoms with Crippen LogP contribution in [0.4, 0.5) is 9.18 Å². The molecule has 0 atom stereocenters. The zero-order valence-electron chi connectivity index (χ0n) is 19.8. The van der Waals surface area contributed by atoms with Gasteiger partial charge in [0, 0.05) is 26.2 Å². The Labute approximate surface area is 191 Å². The molecule has 6 heteroatoms. The third kappa shape index (κ3) is 6.95. The van der Waals surface area contributed by atoms with Crippen molar-refractivity contribution in [2.45, 2.75) is 45.8 Å². The summed E-state index contributed by atoms with van der Waals surface area (Å²) in [6.07, 6.45) is 1.89. The average Bonchev–Trinajstić information content (AvgIpc) is 2.78. The molecule has 0 aliphatic carbocycles. The van der Waals surface area contributed by atoms with Gasteiger partial charge in [-0.3, -0.25) is 0 Å². The average molecular weight is 442 g/mol. The maximum absolute atomic E-state index is 13.5. The highest BCUT2D eigenvalue weighted by Crippen LogP contribution is 2.21. The molecule has 0 radical (unpaired) electrons. The molecule has 0 saturated carbocycles. The maximum Gasteiger partial charge on any atom is 0.320 e. The van der Waals surface area contributed by atoms with Gasteiger partial charge in [0.25, 0.3) is 0 Å². The fourth-order valence-electron chi connectivity index (χ4n) is 3.96. The van der Waals surface area contributed by atoms with Crippen LogP contribution in [0.3, 0.4) is 0 Å². The Balaban J connectivity index is 1.67. The number of likely N-dealkylation sites (tertiary alicyclic amines) is 1. The summed E-state index contributed by atoms with van der Waals surface area (Å²) in [5, 5.41) is 0. The Morgan fingerprint density at radius 3 is 2.19 bits per heavy atom. The van der Waals surface area contributed by atoms with Gasteiger partial charge in [-0.15, -0.1) is 0 Å². The van der Waals surface area contributed by atoms with E-state index in [0.717, 1.165) is 42.8 Å². The fourth-order valence-corrected chi connectivity index (χ4v) is 3.96. The lowest BCUT2D eigenvalue weighted by Crippen LogP contribution is -2.50. The summed E-state index contributed by atoms with van der Waals surface area (Å²) in [4.78, 5) is 19.5. The van der Waals surface area contributed by atoms with E-state index in [4.69, 9.17) is 4.74 Å². The number of amides is 2. The SMILES string of the molecule is CC(C)COc1ccc(CN(C)C(=O)N(Cc2ccc(F)cc2)C2CCN(C)CC2)cc1. The molecule has 5 nitrogen and oxygen atoms in total. The third-order valence-electron chi connectivity index (χ3n) is 5.89. The van der Waals surface area contributed by atoms with Crippen LogP contribution in [0, 0.1) is 11.7 Å². The molecule has 0 N–H and O–H groups in total. The minimum absolute atomic E-state index is 0.00372. The van der Waals surface area contributed by atoms with Crippen molar-refractivity contribution in [1.29, 1.82) is 0 Å². The highest BCUT2D eigenvalue weighted by atomic mass is 19.1. The molecule has 2 aromatic carbocycles. The van der Waals surface area contributed by atoms with Gasteiger partial charge in [0.2, 0.25) is 0 Å². The molecular weight excluding hydrogens is 405 g/mol. The van der Waals surface area contributed by atoms with Gasteiger partial charge >= 0.3 is 6.03 Å². The Kier molecular flexibility index (Phi) is 8.51. The van der Waals surface area contributed by atoms with E-state index in [1.807, 2.05) is 36.2 Å². The molecule has 0 bridgehead atoms. The van der Waals surface area contributed by atoms with E-state index in [9.17, 15) is 9.18 Å². The molecule has 1 fully saturated rings. The number of hydrogen-bond donors (Lipinski definition) is 0. The molecular formula is C26H36FN3O2. The second-order valence-corrected chi connectivity index (χ2v) is 9.28. The first-order valence-corrected chi connectivity index (χ1v) is 11.5. The minimum Gasteiger partial charge on any atom is -0.493 e. The van der Waals surface area contributed by atoms with Crippen molar-refractivity contribution in [3.8, 4) is 5.75 Å². The number of halogens is 1. The first kappa shape index (κ1) is 24.1. The van der Waals surface area contributed by atoms with Gasteiger partial charge in [-0.1, -0.05) is 38.1 Å². The van der Waals surface area contributed by atoms with E-state index in [1.165, 1.54) is 12.1 Å². The summed E-state index contributed by atoms with van der Waals surface area (Å²) in [5.41, 5.74) is 2.00. The van der Waals surface area contributed by atoms with E-state index in [0.29, 0.717) is 25.6 Å². The van der Waals surface area contributed by atoms with Crippen LogP contribution in [-0.4, -0.2) is 60.6 Å². The molecule has 0 spiro atoms. The van der Waals surface area contributed by atoms with Crippen molar-refractivity contribution in [3.63, 3.8) is 0 Å². The van der Waals surface area contributed by atoms with E-state index >= 15 is 0 Å². The van der Waals surface area contributed by atoms with Gasteiger partial charge in [-0.25, -0.2) is 9.18 Å². The lowest BCUT2D eigenvalue weighted by atomic mass is 10.0. The van der Waals surface area contributed by atoms with Crippen LogP contribution in [-0.2, 0) is 13.1 Å². The number of ether oxygens (including phenoxy) is 1. The predicted molar refractivity (Wildman–Crippen MR) is 126 cm³/mol. The smallest absolute Gasteiger partial charge is 0.320 e. The Bertz CT molecular complexity index is 846. The van der Waals surface area contributed by atoms with Crippen LogP contribution in [0.15, 0.2) is 48.5 Å². The van der Waals surface area contributed by atoms with E-state index in [2.05, 4.69) is 25.8 Å². The van der Waals surface area contributed by atoms with Gasteiger partial charge in [0.15, 0.2) is 0 Å². The second kappa shape index (κ2) is 11.3. The highest BCUT2D eigenvalue weighted by molar-refractivity contribution is 5.74. The number of hydrogen-bond acceptors (Lipinski definition) is 3. The summed E-state index contributed by atoms with van der Waals surface area (Å²) in [5.74, 6) is 1.06. The van der Waals surface area contributed by atoms with Crippen molar-refractivity contribution >= 4 is 6.03 Å².